The van der Waals surface area contributed by atoms with E-state index in [4.69, 9.17) is 4.74 Å². The number of quaternary nitrogens is 2. The van der Waals surface area contributed by atoms with Gasteiger partial charge in [0, 0.05) is 5.69 Å². The Balaban J connectivity index is 0.00000364. The van der Waals surface area contributed by atoms with Gasteiger partial charge in [-0.1, -0.05) is 30.3 Å². The first-order valence-corrected chi connectivity index (χ1v) is 9.31. The number of nitrogens with zero attached hydrogens (tertiary/aromatic N) is 3. The number of benzene rings is 2. The molecule has 0 spiro atoms. The van der Waals surface area contributed by atoms with Crippen LogP contribution >= 0.6 is 0 Å². The van der Waals surface area contributed by atoms with E-state index in [1.165, 1.54) is 5.69 Å². The van der Waals surface area contributed by atoms with E-state index < -0.39 is 0 Å². The van der Waals surface area contributed by atoms with Gasteiger partial charge < -0.3 is 66.6 Å². The van der Waals surface area contributed by atoms with Gasteiger partial charge in [0.05, 0.1) is 61.1 Å². The molecule has 0 saturated carbocycles. The number of hydrogen-bond donors (Lipinski definition) is 0. The molecule has 4 nitrogen and oxygen atoms in total. The fourth-order valence-corrected chi connectivity index (χ4v) is 2.63. The first-order chi connectivity index (χ1) is 12.2. The lowest BCUT2D eigenvalue weighted by atomic mass is 10.2. The van der Waals surface area contributed by atoms with Crippen LogP contribution in [0.4, 0.5) is 11.4 Å². The quantitative estimate of drug-likeness (QED) is 0.233. The standard InChI is InChI=1S/C22H35N3O.2HI/c1-24(2,3)17-16-23(20-12-8-7-9-13-20)21-14-10-11-15-22(21)26-19-18-25(4,5)6;;/h7-15H,16-19H2,1-6H3;2*1H/q+2;;/p-2. The van der Waals surface area contributed by atoms with Crippen LogP contribution in [-0.4, -0.2) is 77.5 Å². The topological polar surface area (TPSA) is 12.5 Å². The first-order valence-electron chi connectivity index (χ1n) is 9.31. The van der Waals surface area contributed by atoms with E-state index in [1.807, 2.05) is 6.07 Å². The fraction of sp³-hybridized carbons (Fsp3) is 0.455. The minimum absolute atomic E-state index is 0. The number of anilines is 2. The van der Waals surface area contributed by atoms with E-state index in [2.05, 4.69) is 95.7 Å². The van der Waals surface area contributed by atoms with Crippen molar-refractivity contribution in [2.75, 3.05) is 73.4 Å². The van der Waals surface area contributed by atoms with Gasteiger partial charge in [0.25, 0.3) is 0 Å². The molecule has 0 amide bonds. The molecule has 158 valence electrons. The van der Waals surface area contributed by atoms with Gasteiger partial charge in [-0.05, 0) is 24.3 Å². The highest BCUT2D eigenvalue weighted by molar-refractivity contribution is 5.69. The summed E-state index contributed by atoms with van der Waals surface area (Å²) in [5, 5.41) is 0. The molecule has 0 aliphatic rings. The van der Waals surface area contributed by atoms with Gasteiger partial charge in [-0.15, -0.1) is 0 Å². The Labute approximate surface area is 205 Å². The summed E-state index contributed by atoms with van der Waals surface area (Å²) < 4.78 is 8.00. The zero-order valence-corrected chi connectivity index (χ0v) is 22.3. The summed E-state index contributed by atoms with van der Waals surface area (Å²) in [4.78, 5) is 2.37. The maximum absolute atomic E-state index is 6.19. The van der Waals surface area contributed by atoms with Crippen LogP contribution in [0.5, 0.6) is 5.75 Å². The molecule has 2 aromatic carbocycles. The lowest BCUT2D eigenvalue weighted by molar-refractivity contribution is -0.870. The van der Waals surface area contributed by atoms with E-state index in [0.717, 1.165) is 40.0 Å². The van der Waals surface area contributed by atoms with Crippen molar-refractivity contribution in [3.8, 4) is 5.75 Å². The van der Waals surface area contributed by atoms with Crippen molar-refractivity contribution in [1.82, 2.24) is 0 Å². The Kier molecular flexibility index (Phi) is 11.9. The molecule has 0 aromatic heterocycles. The molecular weight excluding hydrogens is 576 g/mol. The Hall–Kier alpha value is -0.580. The molecule has 2 rings (SSSR count). The fourth-order valence-electron chi connectivity index (χ4n) is 2.63. The third-order valence-electron chi connectivity index (χ3n) is 4.24. The monoisotopic (exact) mass is 611 g/mol. The Morgan fingerprint density at radius 2 is 1.25 bits per heavy atom. The summed E-state index contributed by atoms with van der Waals surface area (Å²) in [6, 6.07) is 18.9. The largest absolute Gasteiger partial charge is 1.00 e. The minimum atomic E-state index is 0. The SMILES string of the molecule is C[N+](C)(C)CCOc1ccccc1N(CC[N+](C)(C)C)c1ccccc1.[I-].[I-]. The van der Waals surface area contributed by atoms with E-state index in [0.29, 0.717) is 6.61 Å². The molecule has 0 unspecified atom stereocenters. The van der Waals surface area contributed by atoms with Gasteiger partial charge in [0.1, 0.15) is 18.9 Å². The van der Waals surface area contributed by atoms with Crippen LogP contribution in [0.25, 0.3) is 0 Å². The zero-order chi connectivity index (χ0) is 19.2. The summed E-state index contributed by atoms with van der Waals surface area (Å²) in [5.74, 6) is 0.950. The molecule has 0 fully saturated rings. The zero-order valence-electron chi connectivity index (χ0n) is 18.0. The molecule has 0 saturated heterocycles. The van der Waals surface area contributed by atoms with Crippen LogP contribution in [-0.2, 0) is 0 Å². The van der Waals surface area contributed by atoms with E-state index in [-0.39, 0.29) is 48.0 Å². The first kappa shape index (κ1) is 27.4. The number of rotatable bonds is 9. The maximum atomic E-state index is 6.19. The van der Waals surface area contributed by atoms with Crippen molar-refractivity contribution in [3.63, 3.8) is 0 Å². The van der Waals surface area contributed by atoms with E-state index in [1.54, 1.807) is 0 Å². The predicted octanol–water partition coefficient (Wildman–Crippen LogP) is -2.38. The van der Waals surface area contributed by atoms with Crippen molar-refractivity contribution in [2.24, 2.45) is 0 Å². The van der Waals surface area contributed by atoms with Crippen molar-refractivity contribution in [3.05, 3.63) is 54.6 Å². The second-order valence-electron chi connectivity index (χ2n) is 8.83. The third kappa shape index (κ3) is 9.76. The molecule has 6 heteroatoms. The van der Waals surface area contributed by atoms with Crippen LogP contribution in [0.15, 0.2) is 54.6 Å². The average molecular weight is 611 g/mol. The van der Waals surface area contributed by atoms with Gasteiger partial charge in [0.15, 0.2) is 0 Å². The Bertz CT molecular complexity index is 682. The van der Waals surface area contributed by atoms with E-state index in [9.17, 15) is 0 Å². The number of halogens is 2. The maximum Gasteiger partial charge on any atom is 0.143 e. The van der Waals surface area contributed by atoms with Crippen molar-refractivity contribution < 1.29 is 61.7 Å². The lowest BCUT2D eigenvalue weighted by Crippen LogP contribution is -3.00. The highest BCUT2D eigenvalue weighted by Gasteiger charge is 2.18. The average Bonchev–Trinajstić information content (AvgIpc) is 2.55. The molecule has 2 aromatic rings. The van der Waals surface area contributed by atoms with Gasteiger partial charge in [0.2, 0.25) is 0 Å². The van der Waals surface area contributed by atoms with Crippen molar-refractivity contribution >= 4 is 11.4 Å². The summed E-state index contributed by atoms with van der Waals surface area (Å²) in [6.45, 7) is 3.66. The molecule has 0 radical (unpaired) electrons. The Morgan fingerprint density at radius 1 is 0.714 bits per heavy atom. The van der Waals surface area contributed by atoms with Crippen molar-refractivity contribution in [1.29, 1.82) is 0 Å². The normalized spacial score (nSPS) is 11.2. The van der Waals surface area contributed by atoms with Crippen LogP contribution in [0.1, 0.15) is 0 Å². The lowest BCUT2D eigenvalue weighted by Gasteiger charge is -2.31. The van der Waals surface area contributed by atoms with Gasteiger partial charge >= 0.3 is 0 Å². The van der Waals surface area contributed by atoms with E-state index >= 15 is 0 Å². The molecule has 0 atom stereocenters. The molecule has 28 heavy (non-hydrogen) atoms. The summed E-state index contributed by atoms with van der Waals surface area (Å²) in [7, 11) is 13.2. The van der Waals surface area contributed by atoms with Crippen molar-refractivity contribution in [2.45, 2.75) is 0 Å². The van der Waals surface area contributed by atoms with Gasteiger partial charge in [-0.25, -0.2) is 0 Å². The molecule has 0 heterocycles. The van der Waals surface area contributed by atoms with Gasteiger partial charge in [-0.3, -0.25) is 0 Å². The highest BCUT2D eigenvalue weighted by Crippen LogP contribution is 2.33. The second kappa shape index (κ2) is 12.2. The number of likely N-dealkylation sites (N-methyl/N-ethyl adjacent to an activating group) is 2. The molecular formula is C22H35I2N3O. The Morgan fingerprint density at radius 3 is 1.82 bits per heavy atom. The van der Waals surface area contributed by atoms with Crippen LogP contribution in [0.3, 0.4) is 0 Å². The molecule has 0 N–H and O–H groups in total. The van der Waals surface area contributed by atoms with Crippen LogP contribution < -0.4 is 57.6 Å². The third-order valence-corrected chi connectivity index (χ3v) is 4.24. The number of hydrogen-bond acceptors (Lipinski definition) is 2. The number of para-hydroxylation sites is 3. The molecule has 0 aliphatic carbocycles. The summed E-state index contributed by atoms with van der Waals surface area (Å²) in [5.41, 5.74) is 2.33. The number of ether oxygens (including phenoxy) is 1. The smallest absolute Gasteiger partial charge is 0.143 e. The highest BCUT2D eigenvalue weighted by atomic mass is 127. The summed E-state index contributed by atoms with van der Waals surface area (Å²) in [6.07, 6.45) is 0. The van der Waals surface area contributed by atoms with Gasteiger partial charge in [-0.2, -0.15) is 0 Å². The predicted molar refractivity (Wildman–Crippen MR) is 111 cm³/mol. The summed E-state index contributed by atoms with van der Waals surface area (Å²) >= 11 is 0. The second-order valence-corrected chi connectivity index (χ2v) is 8.83. The van der Waals surface area contributed by atoms with Crippen LogP contribution in [0.2, 0.25) is 0 Å². The molecule has 0 bridgehead atoms. The molecule has 0 aliphatic heterocycles. The minimum Gasteiger partial charge on any atom is -1.00 e. The van der Waals surface area contributed by atoms with Crippen LogP contribution in [0, 0.1) is 0 Å².